The highest BCUT2D eigenvalue weighted by molar-refractivity contribution is 5.74. The SMILES string of the molecule is CN(C)CCNC(=O)N(CCOc1ccccc1)CCN(C)C. The molecule has 0 atom stereocenters. The number of carbonyl (C=O) groups is 1. The van der Waals surface area contributed by atoms with Gasteiger partial charge in [-0.1, -0.05) is 18.2 Å². The molecule has 0 aromatic heterocycles. The van der Waals surface area contributed by atoms with Gasteiger partial charge in [0.25, 0.3) is 0 Å². The van der Waals surface area contributed by atoms with Crippen molar-refractivity contribution >= 4 is 6.03 Å². The number of ether oxygens (including phenoxy) is 1. The van der Waals surface area contributed by atoms with E-state index in [0.717, 1.165) is 18.8 Å². The van der Waals surface area contributed by atoms with Gasteiger partial charge in [-0.2, -0.15) is 0 Å². The first-order valence-electron chi connectivity index (χ1n) is 7.99. The smallest absolute Gasteiger partial charge is 0.317 e. The number of amides is 2. The number of likely N-dealkylation sites (N-methyl/N-ethyl adjacent to an activating group) is 2. The number of benzene rings is 1. The molecule has 0 fully saturated rings. The van der Waals surface area contributed by atoms with Gasteiger partial charge in [-0.05, 0) is 40.3 Å². The molecule has 0 heterocycles. The maximum atomic E-state index is 12.3. The van der Waals surface area contributed by atoms with E-state index in [2.05, 4.69) is 10.2 Å². The van der Waals surface area contributed by atoms with E-state index in [9.17, 15) is 4.79 Å². The van der Waals surface area contributed by atoms with E-state index in [1.807, 2.05) is 63.4 Å². The minimum absolute atomic E-state index is 0.0367. The van der Waals surface area contributed by atoms with E-state index in [-0.39, 0.29) is 6.03 Å². The number of para-hydroxylation sites is 1. The Morgan fingerprint density at radius 3 is 2.22 bits per heavy atom. The van der Waals surface area contributed by atoms with Gasteiger partial charge < -0.3 is 24.8 Å². The fourth-order valence-corrected chi connectivity index (χ4v) is 1.92. The van der Waals surface area contributed by atoms with Crippen LogP contribution in [0.15, 0.2) is 30.3 Å². The van der Waals surface area contributed by atoms with Crippen molar-refractivity contribution < 1.29 is 9.53 Å². The second-order valence-corrected chi connectivity index (χ2v) is 5.99. The summed E-state index contributed by atoms with van der Waals surface area (Å²) in [7, 11) is 7.98. The molecule has 0 bridgehead atoms. The molecule has 0 spiro atoms. The van der Waals surface area contributed by atoms with Crippen LogP contribution in [0.3, 0.4) is 0 Å². The molecule has 0 aliphatic heterocycles. The summed E-state index contributed by atoms with van der Waals surface area (Å²) in [6.45, 7) is 4.03. The molecule has 6 heteroatoms. The van der Waals surface area contributed by atoms with Crippen molar-refractivity contribution in [2.45, 2.75) is 0 Å². The summed E-state index contributed by atoms with van der Waals surface area (Å²) < 4.78 is 5.69. The second-order valence-electron chi connectivity index (χ2n) is 5.99. The molecule has 1 aromatic carbocycles. The van der Waals surface area contributed by atoms with E-state index < -0.39 is 0 Å². The quantitative estimate of drug-likeness (QED) is 0.703. The average Bonchev–Trinajstić information content (AvgIpc) is 2.51. The molecule has 1 rings (SSSR count). The van der Waals surface area contributed by atoms with Gasteiger partial charge in [0.15, 0.2) is 0 Å². The molecule has 6 nitrogen and oxygen atoms in total. The molecular formula is C17H30N4O2. The van der Waals surface area contributed by atoms with Crippen LogP contribution in [0.5, 0.6) is 5.75 Å². The molecule has 0 aliphatic carbocycles. The highest BCUT2D eigenvalue weighted by Gasteiger charge is 2.13. The number of nitrogens with zero attached hydrogens (tertiary/aromatic N) is 3. The molecule has 0 saturated carbocycles. The van der Waals surface area contributed by atoms with Crippen LogP contribution in [0.1, 0.15) is 0 Å². The largest absolute Gasteiger partial charge is 0.492 e. The van der Waals surface area contributed by atoms with Gasteiger partial charge in [0.2, 0.25) is 0 Å². The fraction of sp³-hybridized carbons (Fsp3) is 0.588. The standard InChI is InChI=1S/C17H30N4O2/c1-19(2)11-10-18-17(22)21(13-12-20(3)4)14-15-23-16-8-6-5-7-9-16/h5-9H,10-15H2,1-4H3,(H,18,22). The van der Waals surface area contributed by atoms with Crippen LogP contribution in [-0.4, -0.2) is 88.3 Å². The zero-order valence-corrected chi connectivity index (χ0v) is 14.8. The number of urea groups is 1. The number of hydrogen-bond acceptors (Lipinski definition) is 4. The summed E-state index contributed by atoms with van der Waals surface area (Å²) in [6.07, 6.45) is 0. The van der Waals surface area contributed by atoms with E-state index in [1.54, 1.807) is 4.90 Å². The number of hydrogen-bond donors (Lipinski definition) is 1. The molecule has 2 amide bonds. The molecule has 1 aromatic rings. The van der Waals surface area contributed by atoms with E-state index in [0.29, 0.717) is 26.2 Å². The van der Waals surface area contributed by atoms with Gasteiger partial charge in [-0.15, -0.1) is 0 Å². The van der Waals surface area contributed by atoms with Crippen LogP contribution >= 0.6 is 0 Å². The molecule has 0 saturated heterocycles. The summed E-state index contributed by atoms with van der Waals surface area (Å²) in [5.74, 6) is 0.827. The van der Waals surface area contributed by atoms with E-state index in [1.165, 1.54) is 0 Å². The number of rotatable bonds is 10. The lowest BCUT2D eigenvalue weighted by atomic mass is 10.3. The lowest BCUT2D eigenvalue weighted by Gasteiger charge is -2.25. The molecule has 0 radical (unpaired) electrons. The first-order chi connectivity index (χ1) is 11.0. The predicted octanol–water partition coefficient (Wildman–Crippen LogP) is 1.20. The van der Waals surface area contributed by atoms with Crippen molar-refractivity contribution in [3.8, 4) is 5.75 Å². The number of nitrogens with one attached hydrogen (secondary N) is 1. The van der Waals surface area contributed by atoms with Crippen LogP contribution in [-0.2, 0) is 0 Å². The lowest BCUT2D eigenvalue weighted by molar-refractivity contribution is 0.175. The van der Waals surface area contributed by atoms with Crippen molar-refractivity contribution in [3.05, 3.63) is 30.3 Å². The maximum absolute atomic E-state index is 12.3. The third kappa shape index (κ3) is 9.05. The van der Waals surface area contributed by atoms with Gasteiger partial charge in [-0.3, -0.25) is 0 Å². The van der Waals surface area contributed by atoms with E-state index in [4.69, 9.17) is 4.74 Å². The second kappa shape index (κ2) is 10.9. The Morgan fingerprint density at radius 1 is 0.957 bits per heavy atom. The molecule has 130 valence electrons. The van der Waals surface area contributed by atoms with Crippen LogP contribution in [0, 0.1) is 0 Å². The summed E-state index contributed by atoms with van der Waals surface area (Å²) >= 11 is 0. The summed E-state index contributed by atoms with van der Waals surface area (Å²) in [6, 6.07) is 9.63. The number of carbonyl (C=O) groups excluding carboxylic acids is 1. The zero-order valence-electron chi connectivity index (χ0n) is 14.8. The lowest BCUT2D eigenvalue weighted by Crippen LogP contribution is -2.46. The molecule has 0 unspecified atom stereocenters. The highest BCUT2D eigenvalue weighted by Crippen LogP contribution is 2.08. The molecule has 0 aliphatic rings. The Kier molecular flexibility index (Phi) is 9.09. The van der Waals surface area contributed by atoms with Crippen molar-refractivity contribution in [2.75, 3.05) is 67.5 Å². The average molecular weight is 322 g/mol. The van der Waals surface area contributed by atoms with Gasteiger partial charge in [0.1, 0.15) is 12.4 Å². The van der Waals surface area contributed by atoms with Crippen molar-refractivity contribution in [2.24, 2.45) is 0 Å². The molecular weight excluding hydrogens is 292 g/mol. The Labute approximate surface area is 140 Å². The minimum atomic E-state index is -0.0367. The Bertz CT molecular complexity index is 437. The Balaban J connectivity index is 2.42. The van der Waals surface area contributed by atoms with E-state index >= 15 is 0 Å². The van der Waals surface area contributed by atoms with Crippen LogP contribution < -0.4 is 10.1 Å². The maximum Gasteiger partial charge on any atom is 0.317 e. The molecule has 23 heavy (non-hydrogen) atoms. The Hall–Kier alpha value is -1.79. The Morgan fingerprint density at radius 2 is 1.61 bits per heavy atom. The first-order valence-corrected chi connectivity index (χ1v) is 7.99. The summed E-state index contributed by atoms with van der Waals surface area (Å²) in [4.78, 5) is 18.2. The van der Waals surface area contributed by atoms with Crippen LogP contribution in [0.4, 0.5) is 4.79 Å². The van der Waals surface area contributed by atoms with Gasteiger partial charge >= 0.3 is 6.03 Å². The zero-order chi connectivity index (χ0) is 17.1. The summed E-state index contributed by atoms with van der Waals surface area (Å²) in [5.41, 5.74) is 0. The molecule has 1 N–H and O–H groups in total. The third-order valence-corrected chi connectivity index (χ3v) is 3.31. The normalized spacial score (nSPS) is 10.9. The predicted molar refractivity (Wildman–Crippen MR) is 94.0 cm³/mol. The van der Waals surface area contributed by atoms with Crippen LogP contribution in [0.25, 0.3) is 0 Å². The van der Waals surface area contributed by atoms with Gasteiger partial charge in [0, 0.05) is 26.2 Å². The van der Waals surface area contributed by atoms with Crippen LogP contribution in [0.2, 0.25) is 0 Å². The minimum Gasteiger partial charge on any atom is -0.492 e. The van der Waals surface area contributed by atoms with Crippen molar-refractivity contribution in [1.82, 2.24) is 20.0 Å². The van der Waals surface area contributed by atoms with Crippen molar-refractivity contribution in [3.63, 3.8) is 0 Å². The first kappa shape index (κ1) is 19.3. The monoisotopic (exact) mass is 322 g/mol. The van der Waals surface area contributed by atoms with Gasteiger partial charge in [0.05, 0.1) is 6.54 Å². The summed E-state index contributed by atoms with van der Waals surface area (Å²) in [5, 5.41) is 2.96. The van der Waals surface area contributed by atoms with Gasteiger partial charge in [-0.25, -0.2) is 4.79 Å². The highest BCUT2D eigenvalue weighted by atomic mass is 16.5. The topological polar surface area (TPSA) is 48.1 Å². The fourth-order valence-electron chi connectivity index (χ4n) is 1.92. The third-order valence-electron chi connectivity index (χ3n) is 3.31. The van der Waals surface area contributed by atoms with Crippen molar-refractivity contribution in [1.29, 1.82) is 0 Å².